The monoisotopic (exact) mass is 664 g/mol. The third-order valence-electron chi connectivity index (χ3n) is 8.61. The van der Waals surface area contributed by atoms with Crippen LogP contribution in [0.4, 0.5) is 0 Å². The fourth-order valence-corrected chi connectivity index (χ4v) is 6.25. The second kappa shape index (κ2) is 29.6. The molecule has 0 aliphatic carbocycles. The summed E-state index contributed by atoms with van der Waals surface area (Å²) in [5.41, 5.74) is 0. The first-order valence-corrected chi connectivity index (χ1v) is 20.4. The number of nitrogens with zero attached hydrogens (tertiary/aromatic N) is 1. The van der Waals surface area contributed by atoms with E-state index in [4.69, 9.17) is 9.05 Å². The first-order valence-electron chi connectivity index (χ1n) is 18.9. The van der Waals surface area contributed by atoms with E-state index >= 15 is 0 Å². The number of hydrogen-bond donors (Lipinski definition) is 3. The molecule has 0 rings (SSSR count). The molecular formula is C36H76N2O6P+. The molecule has 0 aromatic rings. The normalized spacial score (nSPS) is 14.7. The minimum atomic E-state index is -4.29. The lowest BCUT2D eigenvalue weighted by Gasteiger charge is -2.26. The van der Waals surface area contributed by atoms with E-state index in [1.165, 1.54) is 109 Å². The summed E-state index contributed by atoms with van der Waals surface area (Å²) in [4.78, 5) is 22.9. The second-order valence-electron chi connectivity index (χ2n) is 14.3. The minimum absolute atomic E-state index is 0.0779. The van der Waals surface area contributed by atoms with Crippen LogP contribution in [0.2, 0.25) is 0 Å². The van der Waals surface area contributed by atoms with Gasteiger partial charge in [-0.25, -0.2) is 4.57 Å². The molecule has 9 heteroatoms. The maximum absolute atomic E-state index is 12.8. The largest absolute Gasteiger partial charge is 0.472 e. The van der Waals surface area contributed by atoms with Gasteiger partial charge in [-0.2, -0.15) is 0 Å². The highest BCUT2D eigenvalue weighted by atomic mass is 31.2. The number of likely N-dealkylation sites (N-methyl/N-ethyl adjacent to an activating group) is 1. The van der Waals surface area contributed by atoms with Crippen LogP contribution in [0, 0.1) is 0 Å². The van der Waals surface area contributed by atoms with Gasteiger partial charge in [0, 0.05) is 6.42 Å². The van der Waals surface area contributed by atoms with Crippen LogP contribution in [0.1, 0.15) is 174 Å². The molecule has 0 aliphatic rings. The lowest BCUT2D eigenvalue weighted by Crippen LogP contribution is -2.46. The first-order chi connectivity index (χ1) is 21.5. The Morgan fingerprint density at radius 3 is 1.49 bits per heavy atom. The van der Waals surface area contributed by atoms with Gasteiger partial charge in [-0.15, -0.1) is 0 Å². The highest BCUT2D eigenvalue weighted by molar-refractivity contribution is 7.47. The summed E-state index contributed by atoms with van der Waals surface area (Å²) >= 11 is 0. The van der Waals surface area contributed by atoms with Crippen molar-refractivity contribution in [1.82, 2.24) is 5.32 Å². The van der Waals surface area contributed by atoms with Gasteiger partial charge >= 0.3 is 7.82 Å². The highest BCUT2D eigenvalue weighted by Crippen LogP contribution is 2.43. The first kappa shape index (κ1) is 44.5. The molecule has 1 amide bonds. The van der Waals surface area contributed by atoms with E-state index in [1.54, 1.807) is 0 Å². The zero-order chi connectivity index (χ0) is 33.7. The van der Waals surface area contributed by atoms with Crippen molar-refractivity contribution in [2.45, 2.75) is 187 Å². The Labute approximate surface area is 279 Å². The number of amides is 1. The summed E-state index contributed by atoms with van der Waals surface area (Å²) in [6.45, 7) is 4.86. The minimum Gasteiger partial charge on any atom is -0.391 e. The van der Waals surface area contributed by atoms with Crippen LogP contribution in [0.15, 0.2) is 0 Å². The molecule has 0 radical (unpaired) electrons. The van der Waals surface area contributed by atoms with E-state index in [9.17, 15) is 19.4 Å². The molecule has 8 nitrogen and oxygen atoms in total. The van der Waals surface area contributed by atoms with Gasteiger partial charge in [-0.05, 0) is 12.8 Å². The van der Waals surface area contributed by atoms with Crippen molar-refractivity contribution in [3.05, 3.63) is 0 Å². The van der Waals surface area contributed by atoms with Crippen LogP contribution in [0.25, 0.3) is 0 Å². The molecule has 0 saturated heterocycles. The Hall–Kier alpha value is -0.500. The number of rotatable bonds is 34. The van der Waals surface area contributed by atoms with Crippen LogP contribution in [-0.4, -0.2) is 73.4 Å². The second-order valence-corrected chi connectivity index (χ2v) is 15.8. The Morgan fingerprint density at radius 1 is 0.667 bits per heavy atom. The molecule has 0 heterocycles. The topological polar surface area (TPSA) is 105 Å². The van der Waals surface area contributed by atoms with Crippen molar-refractivity contribution in [2.75, 3.05) is 40.9 Å². The Bertz CT molecular complexity index is 718. The smallest absolute Gasteiger partial charge is 0.391 e. The van der Waals surface area contributed by atoms with E-state index in [1.807, 2.05) is 21.1 Å². The Kier molecular flexibility index (Phi) is 29.3. The molecule has 0 aromatic heterocycles. The van der Waals surface area contributed by atoms with Crippen LogP contribution in [0.5, 0.6) is 0 Å². The zero-order valence-electron chi connectivity index (χ0n) is 30.4. The number of carbonyl (C=O) groups is 1. The SMILES string of the molecule is CCCCCCCCCCCCCCC(O)C(COP(=O)(O)OCC[N+](C)(C)C)NC(=O)CCCCCCCCCCCCC. The molecule has 3 atom stereocenters. The van der Waals surface area contributed by atoms with E-state index in [2.05, 4.69) is 19.2 Å². The maximum Gasteiger partial charge on any atom is 0.472 e. The lowest BCUT2D eigenvalue weighted by molar-refractivity contribution is -0.870. The van der Waals surface area contributed by atoms with Crippen molar-refractivity contribution < 1.29 is 32.9 Å². The van der Waals surface area contributed by atoms with E-state index in [-0.39, 0.29) is 19.1 Å². The summed E-state index contributed by atoms with van der Waals surface area (Å²) in [7, 11) is 1.62. The standard InChI is InChI=1S/C36H75N2O6P/c1-6-8-10-12-14-16-18-20-21-23-25-27-29-35(39)34(33-44-45(41,42)43-32-31-38(3,4)5)37-36(40)30-28-26-24-22-19-17-15-13-11-9-7-2/h34-35,39H,6-33H2,1-5H3,(H-,37,40,41,42)/p+1. The molecule has 0 aliphatic heterocycles. The Balaban J connectivity index is 4.47. The van der Waals surface area contributed by atoms with Crippen LogP contribution < -0.4 is 5.32 Å². The molecule has 0 saturated carbocycles. The average molecular weight is 664 g/mol. The van der Waals surface area contributed by atoms with Crippen LogP contribution >= 0.6 is 7.82 Å². The summed E-state index contributed by atoms with van der Waals surface area (Å²) < 4.78 is 23.5. The number of nitrogens with one attached hydrogen (secondary N) is 1. The van der Waals surface area contributed by atoms with Gasteiger partial charge in [-0.3, -0.25) is 13.8 Å². The number of carbonyl (C=O) groups excluding carboxylic acids is 1. The van der Waals surface area contributed by atoms with Gasteiger partial charge in [0.15, 0.2) is 0 Å². The van der Waals surface area contributed by atoms with Gasteiger partial charge in [0.1, 0.15) is 13.2 Å². The number of aliphatic hydroxyl groups is 1. The number of phosphoric acid groups is 1. The average Bonchev–Trinajstić information content (AvgIpc) is 2.97. The van der Waals surface area contributed by atoms with Gasteiger partial charge < -0.3 is 19.8 Å². The number of hydrogen-bond acceptors (Lipinski definition) is 5. The summed E-state index contributed by atoms with van der Waals surface area (Å²) in [6, 6.07) is -0.750. The fraction of sp³-hybridized carbons (Fsp3) is 0.972. The molecule has 0 fully saturated rings. The maximum atomic E-state index is 12.8. The predicted octanol–water partition coefficient (Wildman–Crippen LogP) is 9.46. The van der Waals surface area contributed by atoms with Crippen LogP contribution in [-0.2, 0) is 18.4 Å². The van der Waals surface area contributed by atoms with Gasteiger partial charge in [-0.1, -0.05) is 155 Å². The molecule has 3 N–H and O–H groups in total. The van der Waals surface area contributed by atoms with Gasteiger partial charge in [0.05, 0.1) is 39.9 Å². The third-order valence-corrected chi connectivity index (χ3v) is 9.59. The lowest BCUT2D eigenvalue weighted by atomic mass is 10.0. The highest BCUT2D eigenvalue weighted by Gasteiger charge is 2.28. The molecule has 270 valence electrons. The summed E-state index contributed by atoms with van der Waals surface area (Å²) in [5, 5.41) is 13.8. The third kappa shape index (κ3) is 31.8. The van der Waals surface area contributed by atoms with E-state index < -0.39 is 20.0 Å². The zero-order valence-corrected chi connectivity index (χ0v) is 31.3. The molecule has 0 aromatic carbocycles. The predicted molar refractivity (Wildman–Crippen MR) is 189 cm³/mol. The number of phosphoric ester groups is 1. The van der Waals surface area contributed by atoms with E-state index in [0.717, 1.165) is 38.5 Å². The molecule has 0 spiro atoms. The van der Waals surface area contributed by atoms with Crippen molar-refractivity contribution in [3.63, 3.8) is 0 Å². The molecule has 45 heavy (non-hydrogen) atoms. The molecular weight excluding hydrogens is 587 g/mol. The van der Waals surface area contributed by atoms with Gasteiger partial charge in [0.25, 0.3) is 0 Å². The summed E-state index contributed by atoms with van der Waals surface area (Å²) in [6.07, 6.45) is 28.3. The fourth-order valence-electron chi connectivity index (χ4n) is 5.52. The Morgan fingerprint density at radius 2 is 1.07 bits per heavy atom. The molecule has 3 unspecified atom stereocenters. The van der Waals surface area contributed by atoms with Crippen molar-refractivity contribution in [2.24, 2.45) is 0 Å². The summed E-state index contributed by atoms with van der Waals surface area (Å²) in [5.74, 6) is -0.146. The van der Waals surface area contributed by atoms with Gasteiger partial charge in [0.2, 0.25) is 5.91 Å². The number of unbranched alkanes of at least 4 members (excludes halogenated alkanes) is 21. The quantitative estimate of drug-likeness (QED) is 0.0360. The van der Waals surface area contributed by atoms with Crippen LogP contribution in [0.3, 0.4) is 0 Å². The van der Waals surface area contributed by atoms with Crippen molar-refractivity contribution in [3.8, 4) is 0 Å². The van der Waals surface area contributed by atoms with E-state index in [0.29, 0.717) is 23.9 Å². The number of aliphatic hydroxyl groups excluding tert-OH is 1. The molecule has 0 bridgehead atoms. The van der Waals surface area contributed by atoms with Crippen molar-refractivity contribution in [1.29, 1.82) is 0 Å². The number of quaternary nitrogens is 1. The van der Waals surface area contributed by atoms with Crippen molar-refractivity contribution >= 4 is 13.7 Å².